The van der Waals surface area contributed by atoms with Gasteiger partial charge in [-0.25, -0.2) is 14.5 Å². The number of methoxy groups -OCH3 is 1. The molecule has 9 rings (SSSR count). The van der Waals surface area contributed by atoms with E-state index < -0.39 is 0 Å². The molecule has 2 bridgehead atoms. The summed E-state index contributed by atoms with van der Waals surface area (Å²) < 4.78 is 19.0. The lowest BCUT2D eigenvalue weighted by molar-refractivity contribution is 0.0198. The van der Waals surface area contributed by atoms with Gasteiger partial charge in [0.25, 0.3) is 0 Å². The Labute approximate surface area is 249 Å². The van der Waals surface area contributed by atoms with Crippen molar-refractivity contribution < 1.29 is 14.2 Å². The van der Waals surface area contributed by atoms with Crippen molar-refractivity contribution in [2.75, 3.05) is 44.9 Å². The molecule has 3 saturated heterocycles. The van der Waals surface area contributed by atoms with E-state index >= 15 is 0 Å². The third kappa shape index (κ3) is 5.27. The molecule has 5 aromatic rings. The molecule has 11 heteroatoms. The molecule has 4 aliphatic rings. The zero-order valence-electron chi connectivity index (χ0n) is 24.4. The van der Waals surface area contributed by atoms with E-state index in [2.05, 4.69) is 49.2 Å². The summed E-state index contributed by atoms with van der Waals surface area (Å²) in [5.74, 6) is 3.16. The van der Waals surface area contributed by atoms with Crippen molar-refractivity contribution in [1.82, 2.24) is 34.7 Å². The first-order chi connectivity index (χ1) is 21.2. The predicted molar refractivity (Wildman–Crippen MR) is 162 cm³/mol. The van der Waals surface area contributed by atoms with E-state index in [9.17, 15) is 0 Å². The quantitative estimate of drug-likeness (QED) is 0.229. The second-order valence-electron chi connectivity index (χ2n) is 11.9. The third-order valence-corrected chi connectivity index (χ3v) is 9.05. The lowest BCUT2D eigenvalue weighted by Crippen LogP contribution is -2.56. The van der Waals surface area contributed by atoms with Crippen LogP contribution in [0.5, 0.6) is 11.6 Å². The van der Waals surface area contributed by atoms with Gasteiger partial charge in [0.2, 0.25) is 5.88 Å². The van der Waals surface area contributed by atoms with Gasteiger partial charge in [0, 0.05) is 67.9 Å². The summed E-state index contributed by atoms with van der Waals surface area (Å²) in [4.78, 5) is 14.4. The van der Waals surface area contributed by atoms with Crippen molar-refractivity contribution >= 4 is 22.4 Å². The van der Waals surface area contributed by atoms with Crippen molar-refractivity contribution in [2.24, 2.45) is 5.92 Å². The van der Waals surface area contributed by atoms with Gasteiger partial charge in [-0.2, -0.15) is 5.10 Å². The van der Waals surface area contributed by atoms with Crippen molar-refractivity contribution in [2.45, 2.75) is 44.3 Å². The zero-order valence-corrected chi connectivity index (χ0v) is 24.4. The average Bonchev–Trinajstić information content (AvgIpc) is 3.74. The summed E-state index contributed by atoms with van der Waals surface area (Å²) in [6.45, 7) is 4.80. The molecule has 0 spiro atoms. The van der Waals surface area contributed by atoms with Gasteiger partial charge >= 0.3 is 0 Å². The molecule has 11 nitrogen and oxygen atoms in total. The maximum Gasteiger partial charge on any atom is 0.212 e. The highest BCUT2D eigenvalue weighted by molar-refractivity contribution is 6.00. The molecule has 0 radical (unpaired) electrons. The number of pyridine rings is 3. The zero-order chi connectivity index (χ0) is 28.8. The van der Waals surface area contributed by atoms with E-state index in [4.69, 9.17) is 24.3 Å². The largest absolute Gasteiger partial charge is 0.490 e. The second-order valence-corrected chi connectivity index (χ2v) is 11.9. The van der Waals surface area contributed by atoms with E-state index in [0.29, 0.717) is 31.2 Å². The van der Waals surface area contributed by atoms with Crippen LogP contribution in [0, 0.1) is 5.92 Å². The summed E-state index contributed by atoms with van der Waals surface area (Å²) in [6.07, 6.45) is 12.6. The minimum Gasteiger partial charge on any atom is -0.490 e. The van der Waals surface area contributed by atoms with E-state index in [1.165, 1.54) is 24.8 Å². The number of aromatic nitrogens is 6. The SMILES string of the molecule is COc1ccc(CN2C3CCN(c4ccc(-c5cc(OCCOCC6CC6)cn6nc7[nH]ncc7c56)cn4)CC2C3)cn1. The van der Waals surface area contributed by atoms with Gasteiger partial charge in [-0.05, 0) is 55.4 Å². The van der Waals surface area contributed by atoms with Crippen molar-refractivity contribution in [3.63, 3.8) is 0 Å². The average molecular weight is 581 g/mol. The van der Waals surface area contributed by atoms with Gasteiger partial charge in [-0.1, -0.05) is 6.07 Å². The van der Waals surface area contributed by atoms with E-state index in [0.717, 1.165) is 77.8 Å². The maximum atomic E-state index is 6.11. The number of anilines is 1. The molecule has 3 aliphatic heterocycles. The highest BCUT2D eigenvalue weighted by Gasteiger charge is 2.41. The van der Waals surface area contributed by atoms with Crippen LogP contribution >= 0.6 is 0 Å². The normalized spacial score (nSPS) is 20.3. The Morgan fingerprint density at radius 1 is 1.00 bits per heavy atom. The van der Waals surface area contributed by atoms with Crippen molar-refractivity contribution in [3.8, 4) is 22.8 Å². The number of hydrogen-bond acceptors (Lipinski definition) is 9. The smallest absolute Gasteiger partial charge is 0.212 e. The van der Waals surface area contributed by atoms with Gasteiger partial charge < -0.3 is 19.1 Å². The van der Waals surface area contributed by atoms with Gasteiger partial charge in [0.05, 0.1) is 37.0 Å². The van der Waals surface area contributed by atoms with E-state index in [1.807, 2.05) is 35.4 Å². The van der Waals surface area contributed by atoms with Crippen LogP contribution in [0.4, 0.5) is 5.82 Å². The Hall–Kier alpha value is -4.22. The molecule has 4 fully saturated rings. The highest BCUT2D eigenvalue weighted by Crippen LogP contribution is 2.37. The van der Waals surface area contributed by atoms with Crippen LogP contribution in [0.1, 0.15) is 31.2 Å². The number of aromatic amines is 1. The van der Waals surface area contributed by atoms with Gasteiger partial charge in [0.1, 0.15) is 18.2 Å². The number of fused-ring (bicyclic) bond motifs is 6. The van der Waals surface area contributed by atoms with Crippen LogP contribution in [0.2, 0.25) is 0 Å². The summed E-state index contributed by atoms with van der Waals surface area (Å²) in [5, 5.41) is 12.9. The fraction of sp³-hybridized carbons (Fsp3) is 0.438. The van der Waals surface area contributed by atoms with Crippen LogP contribution in [0.3, 0.4) is 0 Å². The van der Waals surface area contributed by atoms with Crippen LogP contribution in [-0.2, 0) is 11.3 Å². The minimum atomic E-state index is 0.499. The van der Waals surface area contributed by atoms with Crippen molar-refractivity contribution in [1.29, 1.82) is 0 Å². The molecule has 2 atom stereocenters. The molecule has 2 unspecified atom stereocenters. The second kappa shape index (κ2) is 11.1. The van der Waals surface area contributed by atoms with Crippen LogP contribution < -0.4 is 14.4 Å². The van der Waals surface area contributed by atoms with Gasteiger partial charge in [-0.15, -0.1) is 5.10 Å². The fourth-order valence-electron chi connectivity index (χ4n) is 6.49. The molecule has 0 aromatic carbocycles. The molecule has 1 saturated carbocycles. The Morgan fingerprint density at radius 2 is 1.95 bits per heavy atom. The first-order valence-electron chi connectivity index (χ1n) is 15.2. The first kappa shape index (κ1) is 26.4. The minimum absolute atomic E-state index is 0.499. The summed E-state index contributed by atoms with van der Waals surface area (Å²) in [6, 6.07) is 11.6. The maximum absolute atomic E-state index is 6.11. The molecule has 222 valence electrons. The predicted octanol–water partition coefficient (Wildman–Crippen LogP) is 4.33. The number of hydrogen-bond donors (Lipinski definition) is 1. The van der Waals surface area contributed by atoms with Crippen LogP contribution in [0.25, 0.3) is 27.7 Å². The number of H-pyrrole nitrogens is 1. The Morgan fingerprint density at radius 3 is 2.77 bits per heavy atom. The van der Waals surface area contributed by atoms with E-state index in [1.54, 1.807) is 7.11 Å². The Bertz CT molecular complexity index is 1710. The number of rotatable bonds is 11. The number of nitrogens with one attached hydrogen (secondary N) is 1. The molecule has 1 N–H and O–H groups in total. The monoisotopic (exact) mass is 580 g/mol. The molecule has 1 aliphatic carbocycles. The molecule has 43 heavy (non-hydrogen) atoms. The lowest BCUT2D eigenvalue weighted by Gasteiger charge is -2.47. The number of ether oxygens (including phenoxy) is 3. The molecular weight excluding hydrogens is 544 g/mol. The van der Waals surface area contributed by atoms with Gasteiger partial charge in [0.15, 0.2) is 5.65 Å². The Balaban J connectivity index is 0.993. The van der Waals surface area contributed by atoms with Crippen molar-refractivity contribution in [3.05, 3.63) is 60.7 Å². The first-order valence-corrected chi connectivity index (χ1v) is 15.2. The number of nitrogens with zero attached hydrogens (tertiary/aromatic N) is 7. The van der Waals surface area contributed by atoms with Gasteiger partial charge in [-0.3, -0.25) is 10.00 Å². The summed E-state index contributed by atoms with van der Waals surface area (Å²) in [5.41, 5.74) is 4.97. The topological polar surface area (TPSA) is 106 Å². The highest BCUT2D eigenvalue weighted by atomic mass is 16.5. The van der Waals surface area contributed by atoms with Crippen LogP contribution in [-0.4, -0.2) is 86.8 Å². The lowest BCUT2D eigenvalue weighted by atomic mass is 9.91. The van der Waals surface area contributed by atoms with E-state index in [-0.39, 0.29) is 0 Å². The Kier molecular flexibility index (Phi) is 6.83. The summed E-state index contributed by atoms with van der Waals surface area (Å²) in [7, 11) is 1.65. The third-order valence-electron chi connectivity index (χ3n) is 9.05. The summed E-state index contributed by atoms with van der Waals surface area (Å²) >= 11 is 0. The standard InChI is InChI=1S/C32H36N8O3/c1-41-30-7-4-22(14-34-30)17-39-24-8-9-38(18-25(39)12-24)29-6-5-23(15-33-29)27-13-26(43-11-10-42-20-21-2-3-21)19-40-31(27)28-16-35-36-32(28)37-40/h4-7,13-16,19,21,24-25H,2-3,8-12,17-18,20H2,1H3,(H,36,37). The van der Waals surface area contributed by atoms with Crippen LogP contribution in [0.15, 0.2) is 55.1 Å². The molecule has 5 aromatic heterocycles. The molecular formula is C32H36N8O3. The fourth-order valence-corrected chi connectivity index (χ4v) is 6.49. The molecule has 8 heterocycles. The molecule has 0 amide bonds.